The third-order valence-electron chi connectivity index (χ3n) is 3.31. The van der Waals surface area contributed by atoms with Gasteiger partial charge in [0.05, 0.1) is 24.0 Å². The van der Waals surface area contributed by atoms with Gasteiger partial charge in [-0.15, -0.1) is 0 Å². The average molecular weight is 480 g/mol. The number of carboxylic acids is 2. The Bertz CT molecular complexity index is 655. The van der Waals surface area contributed by atoms with E-state index < -0.39 is 72.0 Å². The van der Waals surface area contributed by atoms with E-state index >= 15 is 0 Å². The summed E-state index contributed by atoms with van der Waals surface area (Å²) in [5.41, 5.74) is -5.76. The molecule has 0 radical (unpaired) electrons. The highest BCUT2D eigenvalue weighted by atomic mass is 19.4. The highest BCUT2D eigenvalue weighted by Gasteiger charge is 2.74. The maximum atomic E-state index is 13.3. The van der Waals surface area contributed by atoms with E-state index in [1.807, 2.05) is 0 Å². The summed E-state index contributed by atoms with van der Waals surface area (Å²) in [5, 5.41) is 17.1. The van der Waals surface area contributed by atoms with Crippen molar-refractivity contribution in [3.63, 3.8) is 0 Å². The summed E-state index contributed by atoms with van der Waals surface area (Å²) in [7, 11) is 0. The zero-order chi connectivity index (χ0) is 24.7. The van der Waals surface area contributed by atoms with E-state index in [4.69, 9.17) is 10.2 Å². The predicted octanol–water partition coefficient (Wildman–Crippen LogP) is 4.90. The molecule has 0 saturated carbocycles. The second kappa shape index (κ2) is 7.75. The van der Waals surface area contributed by atoms with Crippen molar-refractivity contribution < 1.29 is 81.3 Å². The smallest absolute Gasteiger partial charge is 0.459 e. The van der Waals surface area contributed by atoms with Crippen molar-refractivity contribution in [2.24, 2.45) is 0 Å². The van der Waals surface area contributed by atoms with E-state index in [-0.39, 0.29) is 0 Å². The van der Waals surface area contributed by atoms with Crippen LogP contribution in [0.15, 0.2) is 11.1 Å². The molecule has 30 heavy (non-hydrogen) atoms. The monoisotopic (exact) mass is 480 g/mol. The Labute approximate surface area is 154 Å². The second-order valence-electron chi connectivity index (χ2n) is 5.47. The summed E-state index contributed by atoms with van der Waals surface area (Å²) in [6.45, 7) is 0. The zero-order valence-corrected chi connectivity index (χ0v) is 13.4. The largest absolute Gasteiger partial charge is 0.478 e. The first-order valence-electron chi connectivity index (χ1n) is 6.67. The van der Waals surface area contributed by atoms with Gasteiger partial charge in [-0.05, 0) is 0 Å². The number of carbonyl (C=O) groups is 2. The Morgan fingerprint density at radius 3 is 0.833 bits per heavy atom. The Morgan fingerprint density at radius 2 is 0.700 bits per heavy atom. The summed E-state index contributed by atoms with van der Waals surface area (Å²) in [4.78, 5) is 21.6. The van der Waals surface area contributed by atoms with Gasteiger partial charge < -0.3 is 10.2 Å². The molecule has 0 aliphatic carbocycles. The van der Waals surface area contributed by atoms with Gasteiger partial charge in [-0.2, -0.15) is 61.5 Å². The number of aliphatic carboxylic acids is 2. The molecular weight excluding hydrogens is 474 g/mol. The molecule has 18 heteroatoms. The van der Waals surface area contributed by atoms with Crippen LogP contribution in [0.4, 0.5) is 61.5 Å². The topological polar surface area (TPSA) is 74.6 Å². The van der Waals surface area contributed by atoms with Gasteiger partial charge in [-0.3, -0.25) is 0 Å². The fourth-order valence-electron chi connectivity index (χ4n) is 1.70. The van der Waals surface area contributed by atoms with Crippen LogP contribution >= 0.6 is 0 Å². The van der Waals surface area contributed by atoms with Gasteiger partial charge in [-0.1, -0.05) is 0 Å². The summed E-state index contributed by atoms with van der Waals surface area (Å²) in [6, 6.07) is 0. The Balaban J connectivity index is 6.59. The lowest BCUT2D eigenvalue weighted by molar-refractivity contribution is -0.355. The first-order valence-corrected chi connectivity index (χ1v) is 6.67. The van der Waals surface area contributed by atoms with Gasteiger partial charge in [-0.25, -0.2) is 9.59 Å². The molecule has 0 spiro atoms. The van der Waals surface area contributed by atoms with Crippen molar-refractivity contribution in [1.29, 1.82) is 0 Å². The average Bonchev–Trinajstić information content (AvgIpc) is 2.47. The van der Waals surface area contributed by atoms with Crippen LogP contribution in [0, 0.1) is 0 Å². The normalized spacial score (nSPS) is 15.7. The fraction of sp³-hybridized carbons (Fsp3) is 0.667. The Hall–Kier alpha value is -2.30. The van der Waals surface area contributed by atoms with E-state index in [0.717, 1.165) is 0 Å². The van der Waals surface area contributed by atoms with E-state index in [0.29, 0.717) is 0 Å². The lowest BCUT2D eigenvalue weighted by atomic mass is 9.92. The van der Waals surface area contributed by atoms with Crippen LogP contribution in [-0.4, -0.2) is 58.2 Å². The number of rotatable bonds is 8. The standard InChI is InChI=1S/C12H6F14O4/c13-7(14,9(17,18)11(21,22)23)1-3(5(27)28)4(6(29)30)2-8(15,16)10(19,20)12(24,25)26/h1-2H2,(H,27,28)(H,29,30)/b4-3+. The maximum absolute atomic E-state index is 13.3. The number of carboxylic acid groups (broad SMARTS) is 2. The SMILES string of the molecule is O=C(O)/C(CC(F)(F)C(F)(F)C(F)(F)F)=C(\CC(F)(F)C(F)(F)C(F)(F)F)C(=O)O. The molecule has 4 nitrogen and oxygen atoms in total. The van der Waals surface area contributed by atoms with Crippen molar-refractivity contribution in [2.75, 3.05) is 0 Å². The van der Waals surface area contributed by atoms with Crippen molar-refractivity contribution in [3.05, 3.63) is 11.1 Å². The second-order valence-corrected chi connectivity index (χ2v) is 5.47. The molecule has 176 valence electrons. The third kappa shape index (κ3) is 5.05. The van der Waals surface area contributed by atoms with Crippen molar-refractivity contribution in [3.8, 4) is 0 Å². The predicted molar refractivity (Wildman–Crippen MR) is 63.4 cm³/mol. The lowest BCUT2D eigenvalue weighted by Gasteiger charge is -2.30. The molecule has 0 rings (SSSR count). The van der Waals surface area contributed by atoms with Crippen LogP contribution in [0.3, 0.4) is 0 Å². The van der Waals surface area contributed by atoms with Gasteiger partial charge in [0.2, 0.25) is 0 Å². The van der Waals surface area contributed by atoms with Crippen molar-refractivity contribution in [2.45, 2.75) is 48.9 Å². The molecule has 0 aliphatic heterocycles. The van der Waals surface area contributed by atoms with Gasteiger partial charge in [0.25, 0.3) is 0 Å². The minimum atomic E-state index is -7.07. The number of hydrogen-bond acceptors (Lipinski definition) is 2. The number of hydrogen-bond donors (Lipinski definition) is 2. The molecule has 0 aromatic heterocycles. The van der Waals surface area contributed by atoms with Crippen LogP contribution in [-0.2, 0) is 9.59 Å². The quantitative estimate of drug-likeness (QED) is 0.383. The summed E-state index contributed by atoms with van der Waals surface area (Å²) in [6.07, 6.45) is -21.1. The third-order valence-corrected chi connectivity index (χ3v) is 3.31. The van der Waals surface area contributed by atoms with Crippen LogP contribution < -0.4 is 0 Å². The van der Waals surface area contributed by atoms with Crippen LogP contribution in [0.2, 0.25) is 0 Å². The molecule has 0 amide bonds. The summed E-state index contributed by atoms with van der Waals surface area (Å²) in [5.74, 6) is -33.5. The highest BCUT2D eigenvalue weighted by Crippen LogP contribution is 2.51. The first kappa shape index (κ1) is 27.7. The highest BCUT2D eigenvalue weighted by molar-refractivity contribution is 5.99. The van der Waals surface area contributed by atoms with Crippen molar-refractivity contribution in [1.82, 2.24) is 0 Å². The van der Waals surface area contributed by atoms with E-state index in [1.54, 1.807) is 0 Å². The van der Waals surface area contributed by atoms with Crippen LogP contribution in [0.1, 0.15) is 12.8 Å². The first-order chi connectivity index (χ1) is 12.8. The molecule has 0 aliphatic rings. The fourth-order valence-corrected chi connectivity index (χ4v) is 1.70. The van der Waals surface area contributed by atoms with Crippen LogP contribution in [0.5, 0.6) is 0 Å². The summed E-state index contributed by atoms with van der Waals surface area (Å²) >= 11 is 0. The molecule has 0 unspecified atom stereocenters. The molecule has 2 N–H and O–H groups in total. The Morgan fingerprint density at radius 1 is 0.500 bits per heavy atom. The lowest BCUT2D eigenvalue weighted by Crippen LogP contribution is -2.53. The number of halogens is 14. The molecule has 0 atom stereocenters. The van der Waals surface area contributed by atoms with Gasteiger partial charge in [0, 0.05) is 0 Å². The van der Waals surface area contributed by atoms with E-state index in [1.165, 1.54) is 0 Å². The minimum absolute atomic E-state index is 2.88. The maximum Gasteiger partial charge on any atom is 0.459 e. The molecular formula is C12H6F14O4. The molecule has 0 bridgehead atoms. The minimum Gasteiger partial charge on any atom is -0.478 e. The molecule has 0 aromatic carbocycles. The molecule has 0 saturated heterocycles. The molecule has 0 aromatic rings. The number of alkyl halides is 14. The van der Waals surface area contributed by atoms with Crippen LogP contribution in [0.25, 0.3) is 0 Å². The van der Waals surface area contributed by atoms with Gasteiger partial charge in [0.1, 0.15) is 0 Å². The Kier molecular flexibility index (Phi) is 7.16. The summed E-state index contributed by atoms with van der Waals surface area (Å²) < 4.78 is 177. The zero-order valence-electron chi connectivity index (χ0n) is 13.4. The molecule has 0 fully saturated rings. The van der Waals surface area contributed by atoms with E-state index in [9.17, 15) is 71.1 Å². The molecule has 0 heterocycles. The van der Waals surface area contributed by atoms with Crippen molar-refractivity contribution >= 4 is 11.9 Å². The van der Waals surface area contributed by atoms with E-state index in [2.05, 4.69) is 0 Å². The van der Waals surface area contributed by atoms with Gasteiger partial charge >= 0.3 is 48.0 Å². The van der Waals surface area contributed by atoms with Gasteiger partial charge in [0.15, 0.2) is 0 Å².